The van der Waals surface area contributed by atoms with E-state index in [0.29, 0.717) is 6.42 Å². The molecule has 1 aromatic carbocycles. The molecule has 0 saturated heterocycles. The smallest absolute Gasteiger partial charge is 0.314 e. The molecule has 0 radical (unpaired) electrons. The third-order valence-corrected chi connectivity index (χ3v) is 2.43. The van der Waals surface area contributed by atoms with Crippen molar-refractivity contribution in [2.24, 2.45) is 5.84 Å². The molecule has 0 saturated carbocycles. The number of ether oxygens (including phenoxy) is 2. The number of nitrogens with two attached hydrogens (primary N) is 1. The summed E-state index contributed by atoms with van der Waals surface area (Å²) in [6.45, 7) is 1.73. The number of carbonyl (C=O) groups is 1. The van der Waals surface area contributed by atoms with Gasteiger partial charge in [-0.1, -0.05) is 6.92 Å². The van der Waals surface area contributed by atoms with Crippen molar-refractivity contribution in [1.29, 1.82) is 0 Å². The Bertz CT molecular complexity index is 477. The lowest BCUT2D eigenvalue weighted by Crippen LogP contribution is -2.41. The summed E-state index contributed by atoms with van der Waals surface area (Å²) in [5.74, 6) is 4.84. The van der Waals surface area contributed by atoms with Crippen LogP contribution in [0.4, 0.5) is 5.69 Å². The topological polar surface area (TPSA) is 117 Å². The second-order valence-electron chi connectivity index (χ2n) is 3.61. The molecule has 8 nitrogen and oxygen atoms in total. The molecular formula is C11H15N3O5. The van der Waals surface area contributed by atoms with E-state index in [1.54, 1.807) is 6.92 Å². The summed E-state index contributed by atoms with van der Waals surface area (Å²) in [5.41, 5.74) is 1.74. The van der Waals surface area contributed by atoms with Crippen LogP contribution in [0.25, 0.3) is 0 Å². The third-order valence-electron chi connectivity index (χ3n) is 2.43. The van der Waals surface area contributed by atoms with Crippen molar-refractivity contribution in [3.63, 3.8) is 0 Å². The lowest BCUT2D eigenvalue weighted by atomic mass is 10.2. The number of methoxy groups -OCH3 is 1. The van der Waals surface area contributed by atoms with Crippen molar-refractivity contribution in [3.8, 4) is 11.5 Å². The summed E-state index contributed by atoms with van der Waals surface area (Å²) in [6.07, 6.45) is -0.430. The quantitative estimate of drug-likeness (QED) is 0.340. The van der Waals surface area contributed by atoms with Gasteiger partial charge in [0.15, 0.2) is 11.9 Å². The predicted octanol–water partition coefficient (Wildman–Crippen LogP) is 0.751. The molecule has 1 aromatic rings. The fourth-order valence-electron chi connectivity index (χ4n) is 1.47. The summed E-state index contributed by atoms with van der Waals surface area (Å²) < 4.78 is 10.2. The first-order valence-corrected chi connectivity index (χ1v) is 5.53. The molecule has 0 aromatic heterocycles. The summed E-state index contributed by atoms with van der Waals surface area (Å²) in [6, 6.07) is 4.09. The number of nitrogens with zero attached hydrogens (tertiary/aromatic N) is 1. The van der Waals surface area contributed by atoms with Crippen LogP contribution < -0.4 is 20.7 Å². The monoisotopic (exact) mass is 269 g/mol. The number of hydrazine groups is 1. The maximum atomic E-state index is 11.4. The number of nitro benzene ring substituents is 1. The van der Waals surface area contributed by atoms with Crippen LogP contribution >= 0.6 is 0 Å². The second kappa shape index (κ2) is 6.55. The number of nitro groups is 1. The SMILES string of the molecule is CCC(Oc1ccc(OC)c([N+](=O)[O-])c1)C(=O)NN. The maximum Gasteiger partial charge on any atom is 0.314 e. The highest BCUT2D eigenvalue weighted by molar-refractivity contribution is 5.80. The van der Waals surface area contributed by atoms with Gasteiger partial charge in [0.25, 0.3) is 5.91 Å². The fourth-order valence-corrected chi connectivity index (χ4v) is 1.47. The van der Waals surface area contributed by atoms with Crippen LogP contribution in [-0.2, 0) is 4.79 Å². The number of hydrogen-bond acceptors (Lipinski definition) is 6. The first kappa shape index (κ1) is 14.7. The van der Waals surface area contributed by atoms with Crippen LogP contribution in [0.15, 0.2) is 18.2 Å². The van der Waals surface area contributed by atoms with Gasteiger partial charge in [-0.15, -0.1) is 0 Å². The zero-order valence-corrected chi connectivity index (χ0v) is 10.6. The van der Waals surface area contributed by atoms with Gasteiger partial charge in [-0.3, -0.25) is 20.3 Å². The summed E-state index contributed by atoms with van der Waals surface area (Å²) in [7, 11) is 1.33. The van der Waals surface area contributed by atoms with Crippen molar-refractivity contribution < 1.29 is 19.2 Å². The van der Waals surface area contributed by atoms with Crippen molar-refractivity contribution in [1.82, 2.24) is 5.43 Å². The first-order chi connectivity index (χ1) is 9.03. The van der Waals surface area contributed by atoms with Crippen molar-refractivity contribution in [2.45, 2.75) is 19.4 Å². The second-order valence-corrected chi connectivity index (χ2v) is 3.61. The normalized spacial score (nSPS) is 11.5. The van der Waals surface area contributed by atoms with E-state index >= 15 is 0 Å². The molecular weight excluding hydrogens is 254 g/mol. The molecule has 0 heterocycles. The molecule has 0 fully saturated rings. The molecule has 0 aliphatic rings. The highest BCUT2D eigenvalue weighted by Crippen LogP contribution is 2.31. The van der Waals surface area contributed by atoms with E-state index in [1.807, 2.05) is 5.43 Å². The number of hydrogen-bond donors (Lipinski definition) is 2. The van der Waals surface area contributed by atoms with E-state index < -0.39 is 16.9 Å². The fraction of sp³-hybridized carbons (Fsp3) is 0.364. The third kappa shape index (κ3) is 3.55. The number of benzene rings is 1. The molecule has 1 rings (SSSR count). The molecule has 0 spiro atoms. The Morgan fingerprint density at radius 1 is 1.58 bits per heavy atom. The molecule has 0 bridgehead atoms. The number of nitrogens with one attached hydrogen (secondary N) is 1. The van der Waals surface area contributed by atoms with E-state index in [0.717, 1.165) is 0 Å². The van der Waals surface area contributed by atoms with E-state index in [4.69, 9.17) is 15.3 Å². The zero-order chi connectivity index (χ0) is 14.4. The highest BCUT2D eigenvalue weighted by atomic mass is 16.6. The molecule has 0 aliphatic carbocycles. The van der Waals surface area contributed by atoms with Crippen LogP contribution in [0.2, 0.25) is 0 Å². The van der Waals surface area contributed by atoms with Gasteiger partial charge in [-0.05, 0) is 18.6 Å². The van der Waals surface area contributed by atoms with Crippen LogP contribution in [0.3, 0.4) is 0 Å². The van der Waals surface area contributed by atoms with E-state index in [2.05, 4.69) is 0 Å². The summed E-state index contributed by atoms with van der Waals surface area (Å²) >= 11 is 0. The molecule has 1 atom stereocenters. The van der Waals surface area contributed by atoms with Gasteiger partial charge in [0, 0.05) is 0 Å². The zero-order valence-electron chi connectivity index (χ0n) is 10.6. The molecule has 1 amide bonds. The number of amides is 1. The van der Waals surface area contributed by atoms with Crippen LogP contribution in [0.1, 0.15) is 13.3 Å². The van der Waals surface area contributed by atoms with Crippen LogP contribution in [-0.4, -0.2) is 24.0 Å². The van der Waals surface area contributed by atoms with Crippen molar-refractivity contribution in [2.75, 3.05) is 7.11 Å². The minimum Gasteiger partial charge on any atom is -0.490 e. The Balaban J connectivity index is 2.99. The summed E-state index contributed by atoms with van der Waals surface area (Å²) in [5, 5.41) is 10.8. The molecule has 0 aliphatic heterocycles. The van der Waals surface area contributed by atoms with Gasteiger partial charge in [-0.25, -0.2) is 5.84 Å². The lowest BCUT2D eigenvalue weighted by Gasteiger charge is -2.15. The minimum absolute atomic E-state index is 0.119. The molecule has 8 heteroatoms. The minimum atomic E-state index is -0.807. The number of rotatable bonds is 6. The summed E-state index contributed by atoms with van der Waals surface area (Å²) in [4.78, 5) is 21.6. The average Bonchev–Trinajstić information content (AvgIpc) is 2.43. The largest absolute Gasteiger partial charge is 0.490 e. The van der Waals surface area contributed by atoms with Crippen LogP contribution in [0.5, 0.6) is 11.5 Å². The van der Waals surface area contributed by atoms with Crippen molar-refractivity contribution in [3.05, 3.63) is 28.3 Å². The standard InChI is InChI=1S/C11H15N3O5/c1-3-9(11(15)13-12)19-7-4-5-10(18-2)8(6-7)14(16)17/h4-6,9H,3,12H2,1-2H3,(H,13,15). The van der Waals surface area contributed by atoms with Gasteiger partial charge in [0.2, 0.25) is 0 Å². The highest BCUT2D eigenvalue weighted by Gasteiger charge is 2.20. The van der Waals surface area contributed by atoms with Gasteiger partial charge in [0.05, 0.1) is 18.1 Å². The van der Waals surface area contributed by atoms with E-state index in [9.17, 15) is 14.9 Å². The van der Waals surface area contributed by atoms with Gasteiger partial charge < -0.3 is 9.47 Å². The van der Waals surface area contributed by atoms with Gasteiger partial charge >= 0.3 is 5.69 Å². The molecule has 19 heavy (non-hydrogen) atoms. The van der Waals surface area contributed by atoms with E-state index in [-0.39, 0.29) is 17.2 Å². The molecule has 104 valence electrons. The van der Waals surface area contributed by atoms with Gasteiger partial charge in [-0.2, -0.15) is 0 Å². The Labute approximate surface area is 109 Å². The Morgan fingerprint density at radius 3 is 2.74 bits per heavy atom. The van der Waals surface area contributed by atoms with Crippen LogP contribution in [0, 0.1) is 10.1 Å². The Hall–Kier alpha value is -2.35. The Kier molecular flexibility index (Phi) is 5.07. The maximum absolute atomic E-state index is 11.4. The van der Waals surface area contributed by atoms with Crippen molar-refractivity contribution >= 4 is 11.6 Å². The van der Waals surface area contributed by atoms with Gasteiger partial charge in [0.1, 0.15) is 5.75 Å². The number of carbonyl (C=O) groups excluding carboxylic acids is 1. The lowest BCUT2D eigenvalue weighted by molar-refractivity contribution is -0.385. The average molecular weight is 269 g/mol. The Morgan fingerprint density at radius 2 is 2.26 bits per heavy atom. The van der Waals surface area contributed by atoms with E-state index in [1.165, 1.54) is 25.3 Å². The predicted molar refractivity (Wildman–Crippen MR) is 66.7 cm³/mol. The molecule has 1 unspecified atom stereocenters. The molecule has 3 N–H and O–H groups in total. The first-order valence-electron chi connectivity index (χ1n) is 5.53.